The Balaban J connectivity index is -0.000000200. The molecule has 0 bridgehead atoms. The fraction of sp³-hybridized carbons (Fsp3) is 0.556. The molecule has 0 aliphatic rings. The summed E-state index contributed by atoms with van der Waals surface area (Å²) in [6.45, 7) is 12.2. The third-order valence-electron chi connectivity index (χ3n) is 0.687. The van der Waals surface area contributed by atoms with Gasteiger partial charge < -0.3 is 0 Å². The molecule has 1 atom stereocenters. The molecule has 0 amide bonds. The van der Waals surface area contributed by atoms with Crippen molar-refractivity contribution in [3.05, 3.63) is 25.3 Å². The molecule has 0 rings (SSSR count). The molecule has 0 heterocycles. The van der Waals surface area contributed by atoms with Gasteiger partial charge in [-0.1, -0.05) is 12.2 Å². The van der Waals surface area contributed by atoms with Crippen LogP contribution in [0.25, 0.3) is 0 Å². The molecular weight excluding hydrogens is 194 g/mol. The van der Waals surface area contributed by atoms with Crippen molar-refractivity contribution >= 4 is 14.7 Å². The average molecular weight is 212 g/mol. The predicted octanol–water partition coefficient (Wildman–Crippen LogP) is 1.72. The molecule has 0 aliphatic heterocycles. The minimum atomic E-state index is -0.354. The van der Waals surface area contributed by atoms with Gasteiger partial charge in [-0.2, -0.15) is 0 Å². The summed E-state index contributed by atoms with van der Waals surface area (Å²) in [6.07, 6.45) is 3.15. The Morgan fingerprint density at radius 1 is 1.20 bits per heavy atom. The summed E-state index contributed by atoms with van der Waals surface area (Å²) in [5.41, 5.74) is 0. The van der Waals surface area contributed by atoms with Crippen LogP contribution in [0.3, 0.4) is 0 Å². The van der Waals surface area contributed by atoms with E-state index in [1.165, 1.54) is 0 Å². The molecule has 15 heavy (non-hydrogen) atoms. The van der Waals surface area contributed by atoms with Crippen LogP contribution >= 0.6 is 0 Å². The monoisotopic (exact) mass is 212 g/mol. The standard InChI is InChI=1S/C3H6B2O4.2C3H6/c1-3(9-5-7)2-8-4-6;2*1-3-2/h3H,2H2,1H3;2*3H,1H2,2H3. The Morgan fingerprint density at radius 3 is 1.87 bits per heavy atom. The van der Waals surface area contributed by atoms with Crippen molar-refractivity contribution in [3.63, 3.8) is 0 Å². The molecule has 0 radical (unpaired) electrons. The second kappa shape index (κ2) is 23.0. The summed E-state index contributed by atoms with van der Waals surface area (Å²) in [6, 6.07) is 0. The fourth-order valence-electron chi connectivity index (χ4n) is 0.309. The summed E-state index contributed by atoms with van der Waals surface area (Å²) < 4.78 is 27.8. The van der Waals surface area contributed by atoms with Crippen LogP contribution in [0.5, 0.6) is 0 Å². The Hall–Kier alpha value is -1.19. The predicted molar refractivity (Wildman–Crippen MR) is 61.1 cm³/mol. The Morgan fingerprint density at radius 2 is 1.60 bits per heavy atom. The first kappa shape index (κ1) is 19.4. The first-order valence-corrected chi connectivity index (χ1v) is 4.42. The van der Waals surface area contributed by atoms with Gasteiger partial charge in [0.2, 0.25) is 0 Å². The van der Waals surface area contributed by atoms with Crippen LogP contribution in [0.15, 0.2) is 25.3 Å². The molecule has 0 spiro atoms. The van der Waals surface area contributed by atoms with Crippen molar-refractivity contribution in [2.24, 2.45) is 0 Å². The van der Waals surface area contributed by atoms with E-state index >= 15 is 0 Å². The van der Waals surface area contributed by atoms with E-state index in [-0.39, 0.29) is 12.7 Å². The van der Waals surface area contributed by atoms with E-state index < -0.39 is 0 Å². The van der Waals surface area contributed by atoms with E-state index in [9.17, 15) is 9.41 Å². The minimum absolute atomic E-state index is 0.113. The Kier molecular flexibility index (Phi) is 29.8. The zero-order chi connectivity index (χ0) is 12.5. The van der Waals surface area contributed by atoms with Gasteiger partial charge in [0.05, 0.1) is 0 Å². The van der Waals surface area contributed by atoms with E-state index in [0.29, 0.717) is 14.7 Å². The first-order chi connectivity index (χ1) is 7.14. The quantitative estimate of drug-likeness (QED) is 0.514. The molecule has 1 unspecified atom stereocenters. The van der Waals surface area contributed by atoms with E-state index in [2.05, 4.69) is 22.5 Å². The van der Waals surface area contributed by atoms with Crippen molar-refractivity contribution in [1.82, 2.24) is 0 Å². The van der Waals surface area contributed by atoms with Gasteiger partial charge in [0, 0.05) is 0 Å². The van der Waals surface area contributed by atoms with Gasteiger partial charge in [-0.15, -0.1) is 13.2 Å². The second-order valence-electron chi connectivity index (χ2n) is 2.29. The summed E-state index contributed by atoms with van der Waals surface area (Å²) in [4.78, 5) is 0. The van der Waals surface area contributed by atoms with Crippen molar-refractivity contribution < 1.29 is 18.7 Å². The molecule has 4 nitrogen and oxygen atoms in total. The van der Waals surface area contributed by atoms with Crippen molar-refractivity contribution in [1.29, 1.82) is 0 Å². The number of allylic oxidation sites excluding steroid dienone is 2. The van der Waals surface area contributed by atoms with Crippen LogP contribution in [0.4, 0.5) is 0 Å². The molecule has 0 aromatic rings. The summed E-state index contributed by atoms with van der Waals surface area (Å²) in [7, 11) is 0.628. The Bertz CT molecular complexity index is 156. The van der Waals surface area contributed by atoms with Crippen LogP contribution in [0, 0.1) is 0 Å². The van der Waals surface area contributed by atoms with Crippen LogP contribution in [0.1, 0.15) is 20.8 Å². The summed E-state index contributed by atoms with van der Waals surface area (Å²) in [5.74, 6) is 0. The maximum absolute atomic E-state index is 9.61. The van der Waals surface area contributed by atoms with Crippen molar-refractivity contribution in [2.45, 2.75) is 26.9 Å². The molecule has 0 N–H and O–H groups in total. The maximum atomic E-state index is 9.61. The number of rotatable bonds is 5. The molecule has 0 aromatic carbocycles. The molecule has 6 heteroatoms. The topological polar surface area (TPSA) is 52.6 Å². The summed E-state index contributed by atoms with van der Waals surface area (Å²) >= 11 is 0. The van der Waals surface area contributed by atoms with E-state index in [1.54, 1.807) is 19.1 Å². The van der Waals surface area contributed by atoms with Crippen LogP contribution in [0.2, 0.25) is 0 Å². The zero-order valence-electron chi connectivity index (χ0n) is 9.64. The molecule has 0 aromatic heterocycles. The molecular formula is C9H18B2O4. The molecule has 0 aliphatic carbocycles. The van der Waals surface area contributed by atoms with Crippen LogP contribution in [-0.2, 0) is 18.7 Å². The van der Waals surface area contributed by atoms with E-state index in [4.69, 9.17) is 0 Å². The third kappa shape index (κ3) is 44.3. The van der Waals surface area contributed by atoms with Gasteiger partial charge >= 0.3 is 53.1 Å². The number of hydrogen-bond donors (Lipinski definition) is 0. The van der Waals surface area contributed by atoms with Gasteiger partial charge in [-0.05, 0) is 13.8 Å². The molecule has 0 fully saturated rings. The van der Waals surface area contributed by atoms with Gasteiger partial charge in [0.25, 0.3) is 0 Å². The molecule has 0 saturated heterocycles. The van der Waals surface area contributed by atoms with E-state index in [1.807, 2.05) is 13.8 Å². The van der Waals surface area contributed by atoms with Gasteiger partial charge in [-0.25, -0.2) is 0 Å². The van der Waals surface area contributed by atoms with Gasteiger partial charge in [0.1, 0.15) is 0 Å². The normalized spacial score (nSPS) is 8.20. The van der Waals surface area contributed by atoms with Gasteiger partial charge in [0.15, 0.2) is 0 Å². The first-order valence-electron chi connectivity index (χ1n) is 4.42. The van der Waals surface area contributed by atoms with E-state index in [0.717, 1.165) is 0 Å². The van der Waals surface area contributed by atoms with Crippen LogP contribution in [-0.4, -0.2) is 27.4 Å². The average Bonchev–Trinajstić information content (AvgIpc) is 2.18. The van der Waals surface area contributed by atoms with Crippen molar-refractivity contribution in [2.75, 3.05) is 6.61 Å². The molecule has 84 valence electrons. The number of hydrogen-bond acceptors (Lipinski definition) is 4. The second-order valence-corrected chi connectivity index (χ2v) is 2.29. The van der Waals surface area contributed by atoms with Gasteiger partial charge in [-0.3, -0.25) is 0 Å². The van der Waals surface area contributed by atoms with Crippen LogP contribution < -0.4 is 0 Å². The zero-order valence-corrected chi connectivity index (χ0v) is 9.64. The SMILES string of the molecule is C=CC.C=CC.CC(COB=O)OB=O. The molecule has 0 saturated carbocycles. The Labute approximate surface area is 92.9 Å². The fourth-order valence-corrected chi connectivity index (χ4v) is 0.309. The third-order valence-corrected chi connectivity index (χ3v) is 0.687. The van der Waals surface area contributed by atoms with Crippen molar-refractivity contribution in [3.8, 4) is 0 Å². The summed E-state index contributed by atoms with van der Waals surface area (Å²) in [5, 5.41) is 0.